The molecule has 0 rings (SSSR count). The number of esters is 3. The first-order chi connectivity index (χ1) is 40.5. The van der Waals surface area contributed by atoms with E-state index in [1.165, 1.54) is 321 Å². The van der Waals surface area contributed by atoms with Crippen LogP contribution >= 0.6 is 0 Å². The number of unbranched alkanes of at least 4 members (excludes halogenated alkanes) is 55. The van der Waals surface area contributed by atoms with Crippen LogP contribution < -0.4 is 0 Å². The Bertz CT molecular complexity index is 1320. The first-order valence-corrected chi connectivity index (χ1v) is 37.3. The van der Waals surface area contributed by atoms with Crippen LogP contribution in [0.2, 0.25) is 0 Å². The van der Waals surface area contributed by atoms with E-state index in [0.29, 0.717) is 19.3 Å². The fraction of sp³-hybridized carbons (Fsp3) is 0.908. The summed E-state index contributed by atoms with van der Waals surface area (Å²) in [5.74, 6) is -0.826. The summed E-state index contributed by atoms with van der Waals surface area (Å²) in [6.07, 6.45) is 88.1. The fourth-order valence-corrected chi connectivity index (χ4v) is 11.6. The summed E-state index contributed by atoms with van der Waals surface area (Å²) in [6.45, 7) is 6.71. The van der Waals surface area contributed by atoms with Gasteiger partial charge < -0.3 is 14.2 Å². The molecule has 6 nitrogen and oxygen atoms in total. The zero-order chi connectivity index (χ0) is 59.2. The molecule has 0 saturated heterocycles. The lowest BCUT2D eigenvalue weighted by atomic mass is 10.0. The van der Waals surface area contributed by atoms with Gasteiger partial charge in [-0.15, -0.1) is 0 Å². The molecule has 0 aliphatic rings. The van der Waals surface area contributed by atoms with Gasteiger partial charge in [-0.05, 0) is 51.4 Å². The van der Waals surface area contributed by atoms with E-state index < -0.39 is 6.10 Å². The molecule has 0 aromatic heterocycles. The molecule has 1 atom stereocenters. The number of hydrogen-bond donors (Lipinski definition) is 0. The molecule has 6 heteroatoms. The lowest BCUT2D eigenvalue weighted by Gasteiger charge is -2.18. The van der Waals surface area contributed by atoms with Crippen molar-refractivity contribution in [2.45, 2.75) is 431 Å². The van der Waals surface area contributed by atoms with Crippen molar-refractivity contribution in [3.8, 4) is 0 Å². The minimum atomic E-state index is -0.765. The van der Waals surface area contributed by atoms with E-state index >= 15 is 0 Å². The second-order valence-corrected chi connectivity index (χ2v) is 25.6. The Morgan fingerprint density at radius 2 is 0.439 bits per heavy atom. The van der Waals surface area contributed by atoms with Crippen LogP contribution in [0.4, 0.5) is 0 Å². The van der Waals surface area contributed by atoms with E-state index in [1.807, 2.05) is 0 Å². The Morgan fingerprint density at radius 3 is 0.671 bits per heavy atom. The molecule has 0 bridgehead atoms. The van der Waals surface area contributed by atoms with Crippen molar-refractivity contribution in [1.29, 1.82) is 0 Å². The van der Waals surface area contributed by atoms with Crippen LogP contribution in [0, 0.1) is 0 Å². The van der Waals surface area contributed by atoms with Gasteiger partial charge in [0, 0.05) is 19.3 Å². The Morgan fingerprint density at radius 1 is 0.244 bits per heavy atom. The van der Waals surface area contributed by atoms with Gasteiger partial charge in [-0.3, -0.25) is 14.4 Å². The molecule has 0 fully saturated rings. The summed E-state index contributed by atoms with van der Waals surface area (Å²) in [4.78, 5) is 38.4. The third-order valence-electron chi connectivity index (χ3n) is 17.2. The van der Waals surface area contributed by atoms with Gasteiger partial charge in [0.25, 0.3) is 0 Å². The van der Waals surface area contributed by atoms with Gasteiger partial charge in [0.15, 0.2) is 6.10 Å². The molecular formula is C76H144O6. The Balaban J connectivity index is 4.04. The van der Waals surface area contributed by atoms with Crippen LogP contribution in [0.25, 0.3) is 0 Å². The number of carbonyl (C=O) groups excluding carboxylic acids is 3. The predicted octanol–water partition coefficient (Wildman–Crippen LogP) is 25.7. The highest BCUT2D eigenvalue weighted by Gasteiger charge is 2.20. The summed E-state index contributed by atoms with van der Waals surface area (Å²) < 4.78 is 17.0. The van der Waals surface area contributed by atoms with Gasteiger partial charge >= 0.3 is 17.9 Å². The predicted molar refractivity (Wildman–Crippen MR) is 358 cm³/mol. The van der Waals surface area contributed by atoms with Crippen molar-refractivity contribution < 1.29 is 28.6 Å². The van der Waals surface area contributed by atoms with E-state index in [2.05, 4.69) is 45.1 Å². The molecular weight excluding hydrogens is 1010 g/mol. The molecule has 82 heavy (non-hydrogen) atoms. The third kappa shape index (κ3) is 68.7. The van der Waals surface area contributed by atoms with Gasteiger partial charge in [-0.2, -0.15) is 0 Å². The molecule has 0 amide bonds. The van der Waals surface area contributed by atoms with E-state index in [9.17, 15) is 14.4 Å². The van der Waals surface area contributed by atoms with Crippen LogP contribution in [0.3, 0.4) is 0 Å². The Kier molecular flexibility index (Phi) is 69.5. The van der Waals surface area contributed by atoms with Crippen molar-refractivity contribution in [2.75, 3.05) is 13.2 Å². The standard InChI is InChI=1S/C76H144O6/c1-4-7-10-13-16-19-22-25-28-29-30-31-32-33-34-35-36-37-38-39-40-41-42-43-44-45-46-47-49-51-54-57-60-63-66-69-75(78)81-72-73(71-80-74(77)68-65-62-59-56-53-50-27-24-21-18-15-12-9-6-3)82-76(79)70-67-64-61-58-55-52-48-26-23-20-17-14-11-8-5-2/h22,25,29-30,73H,4-21,23-24,26-28,31-72H2,1-3H3/b25-22-,30-29-. The fourth-order valence-electron chi connectivity index (χ4n) is 11.6. The molecule has 0 aliphatic heterocycles. The average Bonchev–Trinajstić information content (AvgIpc) is 3.48. The average molecular weight is 1150 g/mol. The molecule has 0 heterocycles. The van der Waals surface area contributed by atoms with Gasteiger partial charge in [-0.1, -0.05) is 379 Å². The number of ether oxygens (including phenoxy) is 3. The number of hydrogen-bond acceptors (Lipinski definition) is 6. The zero-order valence-electron chi connectivity index (χ0n) is 55.8. The molecule has 0 N–H and O–H groups in total. The maximum atomic E-state index is 12.9. The Labute approximate surface area is 513 Å². The highest BCUT2D eigenvalue weighted by Crippen LogP contribution is 2.19. The summed E-state index contributed by atoms with van der Waals surface area (Å²) in [5.41, 5.74) is 0. The molecule has 0 aliphatic carbocycles. The monoisotopic (exact) mass is 1150 g/mol. The summed E-state index contributed by atoms with van der Waals surface area (Å²) in [6, 6.07) is 0. The minimum Gasteiger partial charge on any atom is -0.462 e. The maximum absolute atomic E-state index is 12.9. The van der Waals surface area contributed by atoms with Crippen molar-refractivity contribution in [1.82, 2.24) is 0 Å². The van der Waals surface area contributed by atoms with E-state index in [0.717, 1.165) is 64.2 Å². The van der Waals surface area contributed by atoms with Crippen LogP contribution in [0.5, 0.6) is 0 Å². The quantitative estimate of drug-likeness (QED) is 0.0261. The maximum Gasteiger partial charge on any atom is 0.306 e. The Hall–Kier alpha value is -2.11. The molecule has 0 aromatic carbocycles. The van der Waals surface area contributed by atoms with E-state index in [1.54, 1.807) is 0 Å². The molecule has 0 aromatic rings. The highest BCUT2D eigenvalue weighted by molar-refractivity contribution is 5.71. The van der Waals surface area contributed by atoms with Crippen molar-refractivity contribution >= 4 is 17.9 Å². The first-order valence-electron chi connectivity index (χ1n) is 37.3. The molecule has 0 spiro atoms. The summed E-state index contributed by atoms with van der Waals surface area (Å²) >= 11 is 0. The van der Waals surface area contributed by atoms with E-state index in [4.69, 9.17) is 14.2 Å². The minimum absolute atomic E-state index is 0.0623. The second-order valence-electron chi connectivity index (χ2n) is 25.6. The summed E-state index contributed by atoms with van der Waals surface area (Å²) in [5, 5.41) is 0. The van der Waals surface area contributed by atoms with Crippen molar-refractivity contribution in [2.24, 2.45) is 0 Å². The number of carbonyl (C=O) groups is 3. The molecule has 0 saturated carbocycles. The second kappa shape index (κ2) is 71.4. The first kappa shape index (κ1) is 79.9. The number of rotatable bonds is 70. The zero-order valence-corrected chi connectivity index (χ0v) is 55.8. The summed E-state index contributed by atoms with van der Waals surface area (Å²) in [7, 11) is 0. The smallest absolute Gasteiger partial charge is 0.306 e. The van der Waals surface area contributed by atoms with Gasteiger partial charge in [0.1, 0.15) is 13.2 Å². The van der Waals surface area contributed by atoms with Gasteiger partial charge in [-0.25, -0.2) is 0 Å². The van der Waals surface area contributed by atoms with Gasteiger partial charge in [0.05, 0.1) is 0 Å². The molecule has 484 valence electrons. The van der Waals surface area contributed by atoms with Gasteiger partial charge in [0.2, 0.25) is 0 Å². The SMILES string of the molecule is CCCCCCC/C=C\C/C=C\CCCCCCCCCCCCCCCCCCCCCCCCCC(=O)OCC(COC(=O)CCCCCCCCCCCCCCCC)OC(=O)CCCCCCCCCCCCCCCCC. The van der Waals surface area contributed by atoms with Crippen molar-refractivity contribution in [3.63, 3.8) is 0 Å². The largest absolute Gasteiger partial charge is 0.462 e. The lowest BCUT2D eigenvalue weighted by molar-refractivity contribution is -0.167. The van der Waals surface area contributed by atoms with Crippen LogP contribution in [0.1, 0.15) is 425 Å². The lowest BCUT2D eigenvalue weighted by Crippen LogP contribution is -2.30. The van der Waals surface area contributed by atoms with Crippen LogP contribution in [0.15, 0.2) is 24.3 Å². The third-order valence-corrected chi connectivity index (χ3v) is 17.2. The molecule has 1 unspecified atom stereocenters. The molecule has 0 radical (unpaired) electrons. The van der Waals surface area contributed by atoms with Crippen LogP contribution in [-0.4, -0.2) is 37.2 Å². The highest BCUT2D eigenvalue weighted by atomic mass is 16.6. The van der Waals surface area contributed by atoms with Crippen molar-refractivity contribution in [3.05, 3.63) is 24.3 Å². The van der Waals surface area contributed by atoms with Crippen LogP contribution in [-0.2, 0) is 28.6 Å². The van der Waals surface area contributed by atoms with E-state index in [-0.39, 0.29) is 31.1 Å². The number of allylic oxidation sites excluding steroid dienone is 4. The normalized spacial score (nSPS) is 12.1. The topological polar surface area (TPSA) is 78.9 Å².